The molecule has 2 heterocycles. The van der Waals surface area contributed by atoms with Gasteiger partial charge in [-0.1, -0.05) is 13.3 Å². The second kappa shape index (κ2) is 5.35. The molecule has 0 bridgehead atoms. The summed E-state index contributed by atoms with van der Waals surface area (Å²) >= 11 is 0. The Kier molecular flexibility index (Phi) is 3.58. The summed E-state index contributed by atoms with van der Waals surface area (Å²) in [7, 11) is 0. The van der Waals surface area contributed by atoms with E-state index in [9.17, 15) is 0 Å². The molecule has 2 atom stereocenters. The monoisotopic (exact) mass is 260 g/mol. The lowest BCUT2D eigenvalue weighted by molar-refractivity contribution is 0.494. The number of nitrogens with one attached hydrogen (secondary N) is 1. The van der Waals surface area contributed by atoms with Gasteiger partial charge in [-0.05, 0) is 38.0 Å². The molecule has 1 saturated carbocycles. The molecule has 1 aliphatic carbocycles. The zero-order chi connectivity index (χ0) is 13.2. The van der Waals surface area contributed by atoms with Crippen molar-refractivity contribution in [3.8, 4) is 0 Å². The molecule has 1 aromatic rings. The highest BCUT2D eigenvalue weighted by Gasteiger charge is 2.36. The second-order valence-electron chi connectivity index (χ2n) is 5.94. The van der Waals surface area contributed by atoms with Crippen LogP contribution in [0.15, 0.2) is 6.07 Å². The first-order valence-corrected chi connectivity index (χ1v) is 7.60. The van der Waals surface area contributed by atoms with E-state index in [4.69, 9.17) is 0 Å². The van der Waals surface area contributed by atoms with Crippen molar-refractivity contribution in [3.63, 3.8) is 0 Å². The fraction of sp³-hybridized carbons (Fsp3) is 0.733. The van der Waals surface area contributed by atoms with E-state index in [1.807, 2.05) is 6.92 Å². The molecule has 2 unspecified atom stereocenters. The summed E-state index contributed by atoms with van der Waals surface area (Å²) in [6.07, 6.45) is 5.36. The average molecular weight is 260 g/mol. The fourth-order valence-corrected chi connectivity index (χ4v) is 3.48. The maximum Gasteiger partial charge on any atom is 0.134 e. The number of rotatable bonds is 4. The Labute approximate surface area is 115 Å². The van der Waals surface area contributed by atoms with E-state index in [0.717, 1.165) is 42.3 Å². The van der Waals surface area contributed by atoms with Gasteiger partial charge in [0.15, 0.2) is 0 Å². The van der Waals surface area contributed by atoms with Gasteiger partial charge in [-0.3, -0.25) is 0 Å². The summed E-state index contributed by atoms with van der Waals surface area (Å²) in [4.78, 5) is 11.6. The Balaban J connectivity index is 1.75. The minimum Gasteiger partial charge on any atom is -0.370 e. The quantitative estimate of drug-likeness (QED) is 0.904. The first-order valence-electron chi connectivity index (χ1n) is 7.60. The molecule has 4 heteroatoms. The maximum absolute atomic E-state index is 4.63. The van der Waals surface area contributed by atoms with Gasteiger partial charge in [-0.25, -0.2) is 9.97 Å². The van der Waals surface area contributed by atoms with Gasteiger partial charge in [0, 0.05) is 25.7 Å². The molecule has 104 valence electrons. The van der Waals surface area contributed by atoms with Crippen LogP contribution in [0.2, 0.25) is 0 Å². The Morgan fingerprint density at radius 1 is 1.26 bits per heavy atom. The van der Waals surface area contributed by atoms with E-state index in [2.05, 4.69) is 33.2 Å². The van der Waals surface area contributed by atoms with Crippen molar-refractivity contribution in [1.29, 1.82) is 0 Å². The second-order valence-corrected chi connectivity index (χ2v) is 5.94. The third-order valence-electron chi connectivity index (χ3n) is 4.43. The van der Waals surface area contributed by atoms with Crippen molar-refractivity contribution >= 4 is 11.6 Å². The van der Waals surface area contributed by atoms with Gasteiger partial charge < -0.3 is 10.2 Å². The third kappa shape index (κ3) is 2.67. The highest BCUT2D eigenvalue weighted by atomic mass is 15.2. The number of hydrogen-bond acceptors (Lipinski definition) is 4. The van der Waals surface area contributed by atoms with Crippen molar-refractivity contribution in [3.05, 3.63) is 11.9 Å². The number of fused-ring (bicyclic) bond motifs is 1. The summed E-state index contributed by atoms with van der Waals surface area (Å²) in [5, 5.41) is 3.37. The van der Waals surface area contributed by atoms with E-state index in [0.29, 0.717) is 0 Å². The molecule has 0 aromatic carbocycles. The molecule has 1 saturated heterocycles. The third-order valence-corrected chi connectivity index (χ3v) is 4.43. The molecule has 0 spiro atoms. The van der Waals surface area contributed by atoms with Crippen LogP contribution in [0.1, 0.15) is 38.4 Å². The molecule has 19 heavy (non-hydrogen) atoms. The van der Waals surface area contributed by atoms with Crippen LogP contribution in [0.3, 0.4) is 0 Å². The largest absolute Gasteiger partial charge is 0.370 e. The van der Waals surface area contributed by atoms with Crippen LogP contribution in [0.25, 0.3) is 0 Å². The van der Waals surface area contributed by atoms with Gasteiger partial charge in [0.2, 0.25) is 0 Å². The average Bonchev–Trinajstić information content (AvgIpc) is 2.96. The smallest absolute Gasteiger partial charge is 0.134 e. The molecule has 0 amide bonds. The van der Waals surface area contributed by atoms with E-state index in [1.54, 1.807) is 0 Å². The van der Waals surface area contributed by atoms with Crippen LogP contribution in [0.4, 0.5) is 11.6 Å². The van der Waals surface area contributed by atoms with Gasteiger partial charge >= 0.3 is 0 Å². The fourth-order valence-electron chi connectivity index (χ4n) is 3.48. The number of aromatic nitrogens is 2. The van der Waals surface area contributed by atoms with Crippen molar-refractivity contribution in [2.24, 2.45) is 11.8 Å². The van der Waals surface area contributed by atoms with E-state index in [1.165, 1.54) is 32.4 Å². The van der Waals surface area contributed by atoms with Gasteiger partial charge in [0.05, 0.1) is 0 Å². The lowest BCUT2D eigenvalue weighted by Crippen LogP contribution is -2.22. The molecule has 2 fully saturated rings. The number of aryl methyl sites for hydroxylation is 1. The SMILES string of the molecule is CCCNc1cc(N2CC3CCCC3C2)nc(C)n1. The molecule has 1 aromatic heterocycles. The van der Waals surface area contributed by atoms with Gasteiger partial charge in [-0.2, -0.15) is 0 Å². The first-order chi connectivity index (χ1) is 9.26. The summed E-state index contributed by atoms with van der Waals surface area (Å²) in [6.45, 7) is 7.50. The zero-order valence-electron chi connectivity index (χ0n) is 12.0. The predicted molar refractivity (Wildman–Crippen MR) is 78.6 cm³/mol. The molecule has 1 N–H and O–H groups in total. The number of nitrogens with zero attached hydrogens (tertiary/aromatic N) is 3. The van der Waals surface area contributed by atoms with Crippen LogP contribution >= 0.6 is 0 Å². The van der Waals surface area contributed by atoms with Crippen molar-refractivity contribution in [1.82, 2.24) is 9.97 Å². The van der Waals surface area contributed by atoms with Gasteiger partial charge in [0.1, 0.15) is 17.5 Å². The standard InChI is InChI=1S/C15H24N4/c1-3-7-16-14-8-15(18-11(2)17-14)19-9-12-5-4-6-13(12)10-19/h8,12-13H,3-7,9-10H2,1-2H3,(H,16,17,18). The maximum atomic E-state index is 4.63. The first kappa shape index (κ1) is 12.7. The lowest BCUT2D eigenvalue weighted by Gasteiger charge is -2.19. The van der Waals surface area contributed by atoms with E-state index in [-0.39, 0.29) is 0 Å². The topological polar surface area (TPSA) is 41.0 Å². The molecule has 1 aliphatic heterocycles. The molecule has 3 rings (SSSR count). The summed E-state index contributed by atoms with van der Waals surface area (Å²) in [5.41, 5.74) is 0. The minimum atomic E-state index is 0.869. The van der Waals surface area contributed by atoms with Crippen LogP contribution in [0, 0.1) is 18.8 Å². The minimum absolute atomic E-state index is 0.869. The van der Waals surface area contributed by atoms with Crippen molar-refractivity contribution < 1.29 is 0 Å². The molecular formula is C15H24N4. The summed E-state index contributed by atoms with van der Waals surface area (Å²) in [5.74, 6) is 4.76. The summed E-state index contributed by atoms with van der Waals surface area (Å²) in [6, 6.07) is 2.11. The lowest BCUT2D eigenvalue weighted by atomic mass is 10.0. The van der Waals surface area contributed by atoms with Crippen molar-refractivity contribution in [2.75, 3.05) is 29.9 Å². The van der Waals surface area contributed by atoms with Gasteiger partial charge in [-0.15, -0.1) is 0 Å². The van der Waals surface area contributed by atoms with Crippen LogP contribution < -0.4 is 10.2 Å². The Hall–Kier alpha value is -1.32. The van der Waals surface area contributed by atoms with Gasteiger partial charge in [0.25, 0.3) is 0 Å². The Morgan fingerprint density at radius 2 is 2.00 bits per heavy atom. The normalized spacial score (nSPS) is 25.7. The number of anilines is 2. The Bertz CT molecular complexity index is 434. The Morgan fingerprint density at radius 3 is 2.68 bits per heavy atom. The summed E-state index contributed by atoms with van der Waals surface area (Å²) < 4.78 is 0. The van der Waals surface area contributed by atoms with Crippen molar-refractivity contribution in [2.45, 2.75) is 39.5 Å². The van der Waals surface area contributed by atoms with E-state index < -0.39 is 0 Å². The predicted octanol–water partition coefficient (Wildman–Crippen LogP) is 2.84. The van der Waals surface area contributed by atoms with Crippen LogP contribution in [-0.4, -0.2) is 29.6 Å². The van der Waals surface area contributed by atoms with Crippen LogP contribution in [0.5, 0.6) is 0 Å². The highest BCUT2D eigenvalue weighted by molar-refractivity contribution is 5.50. The number of hydrogen-bond donors (Lipinski definition) is 1. The molecular weight excluding hydrogens is 236 g/mol. The molecule has 4 nitrogen and oxygen atoms in total. The highest BCUT2D eigenvalue weighted by Crippen LogP contribution is 2.39. The molecule has 2 aliphatic rings. The van der Waals surface area contributed by atoms with E-state index >= 15 is 0 Å². The molecule has 0 radical (unpaired) electrons. The zero-order valence-corrected chi connectivity index (χ0v) is 12.0. The van der Waals surface area contributed by atoms with Crippen LogP contribution in [-0.2, 0) is 0 Å².